The van der Waals surface area contributed by atoms with Gasteiger partial charge in [0.15, 0.2) is 5.13 Å². The van der Waals surface area contributed by atoms with Crippen molar-refractivity contribution in [3.8, 4) is 0 Å². The molecule has 3 rings (SSSR count). The number of carbonyl (C=O) groups excluding carboxylic acids is 1. The first-order chi connectivity index (χ1) is 11.0. The van der Waals surface area contributed by atoms with Gasteiger partial charge >= 0.3 is 0 Å². The number of nitro benzene ring substituents is 1. The van der Waals surface area contributed by atoms with E-state index in [-0.39, 0.29) is 21.4 Å². The molecular formula is C14H7ClFN3O3S. The average Bonchev–Trinajstić information content (AvgIpc) is 2.87. The number of nitro groups is 1. The summed E-state index contributed by atoms with van der Waals surface area (Å²) in [4.78, 5) is 26.4. The van der Waals surface area contributed by atoms with Crippen molar-refractivity contribution in [1.29, 1.82) is 0 Å². The Hall–Kier alpha value is -2.58. The van der Waals surface area contributed by atoms with E-state index >= 15 is 0 Å². The van der Waals surface area contributed by atoms with E-state index in [0.29, 0.717) is 10.2 Å². The van der Waals surface area contributed by atoms with Crippen LogP contribution in [0.25, 0.3) is 10.2 Å². The molecular weight excluding hydrogens is 345 g/mol. The lowest BCUT2D eigenvalue weighted by Gasteiger charge is -2.04. The third-order valence-electron chi connectivity index (χ3n) is 2.99. The van der Waals surface area contributed by atoms with Crippen molar-refractivity contribution >= 4 is 49.9 Å². The zero-order valence-corrected chi connectivity index (χ0v) is 12.8. The van der Waals surface area contributed by atoms with E-state index in [0.717, 1.165) is 17.4 Å². The van der Waals surface area contributed by atoms with E-state index in [1.54, 1.807) is 0 Å². The molecule has 0 fully saturated rings. The third-order valence-corrected chi connectivity index (χ3v) is 4.26. The molecule has 1 N–H and O–H groups in total. The molecule has 9 heteroatoms. The Morgan fingerprint density at radius 3 is 2.83 bits per heavy atom. The number of hydrogen-bond donors (Lipinski definition) is 1. The zero-order chi connectivity index (χ0) is 16.6. The van der Waals surface area contributed by atoms with E-state index in [9.17, 15) is 19.3 Å². The number of benzene rings is 2. The summed E-state index contributed by atoms with van der Waals surface area (Å²) in [7, 11) is 0. The number of rotatable bonds is 3. The fourth-order valence-corrected chi connectivity index (χ4v) is 3.05. The number of hydrogen-bond acceptors (Lipinski definition) is 5. The fourth-order valence-electron chi connectivity index (χ4n) is 1.96. The van der Waals surface area contributed by atoms with Gasteiger partial charge < -0.3 is 0 Å². The van der Waals surface area contributed by atoms with Gasteiger partial charge in [-0.2, -0.15) is 0 Å². The molecule has 0 radical (unpaired) electrons. The second-order valence-corrected chi connectivity index (χ2v) is 5.92. The van der Waals surface area contributed by atoms with Gasteiger partial charge in [-0.15, -0.1) is 0 Å². The Balaban J connectivity index is 1.92. The van der Waals surface area contributed by atoms with Crippen molar-refractivity contribution < 1.29 is 14.1 Å². The molecule has 1 amide bonds. The molecule has 1 aromatic heterocycles. The van der Waals surface area contributed by atoms with Crippen LogP contribution in [-0.2, 0) is 0 Å². The smallest absolute Gasteiger partial charge is 0.271 e. The van der Waals surface area contributed by atoms with Gasteiger partial charge in [0.05, 0.1) is 25.7 Å². The Morgan fingerprint density at radius 1 is 1.35 bits per heavy atom. The van der Waals surface area contributed by atoms with Gasteiger partial charge in [-0.05, 0) is 18.2 Å². The quantitative estimate of drug-likeness (QED) is 0.564. The molecule has 0 bridgehead atoms. The predicted octanol–water partition coefficient (Wildman–Crippen LogP) is 4.25. The van der Waals surface area contributed by atoms with Crippen LogP contribution in [0.3, 0.4) is 0 Å². The minimum atomic E-state index is -0.744. The number of anilines is 1. The summed E-state index contributed by atoms with van der Waals surface area (Å²) in [6.45, 7) is 0. The predicted molar refractivity (Wildman–Crippen MR) is 85.6 cm³/mol. The summed E-state index contributed by atoms with van der Waals surface area (Å²) >= 11 is 6.95. The largest absolute Gasteiger partial charge is 0.298 e. The van der Waals surface area contributed by atoms with Gasteiger partial charge in [0.1, 0.15) is 5.82 Å². The van der Waals surface area contributed by atoms with Gasteiger partial charge in [-0.1, -0.05) is 29.0 Å². The number of fused-ring (bicyclic) bond motifs is 1. The average molecular weight is 352 g/mol. The van der Waals surface area contributed by atoms with Crippen LogP contribution in [0, 0.1) is 15.9 Å². The molecule has 2 aromatic carbocycles. The summed E-state index contributed by atoms with van der Waals surface area (Å²) in [5, 5.41) is 13.4. The maximum Gasteiger partial charge on any atom is 0.271 e. The van der Waals surface area contributed by atoms with E-state index in [2.05, 4.69) is 10.3 Å². The highest BCUT2D eigenvalue weighted by Gasteiger charge is 2.18. The highest BCUT2D eigenvalue weighted by atomic mass is 35.5. The second kappa shape index (κ2) is 5.90. The van der Waals surface area contributed by atoms with Crippen molar-refractivity contribution in [3.05, 3.63) is 62.9 Å². The van der Waals surface area contributed by atoms with Crippen molar-refractivity contribution in [2.24, 2.45) is 0 Å². The molecule has 0 saturated carbocycles. The zero-order valence-electron chi connectivity index (χ0n) is 11.2. The lowest BCUT2D eigenvalue weighted by molar-refractivity contribution is -0.384. The van der Waals surface area contributed by atoms with Crippen molar-refractivity contribution in [2.75, 3.05) is 5.32 Å². The summed E-state index contributed by atoms with van der Waals surface area (Å²) in [5.74, 6) is -1.48. The summed E-state index contributed by atoms with van der Waals surface area (Å²) in [6.07, 6.45) is 0. The van der Waals surface area contributed by atoms with E-state index in [4.69, 9.17) is 11.6 Å². The monoisotopic (exact) mass is 351 g/mol. The van der Waals surface area contributed by atoms with Crippen LogP contribution in [0.1, 0.15) is 10.4 Å². The molecule has 23 heavy (non-hydrogen) atoms. The number of amides is 1. The van der Waals surface area contributed by atoms with Crippen LogP contribution in [-0.4, -0.2) is 15.8 Å². The maximum absolute atomic E-state index is 13.7. The van der Waals surface area contributed by atoms with E-state index in [1.807, 2.05) is 0 Å². The first-order valence-corrected chi connectivity index (χ1v) is 7.45. The number of thiazole rings is 1. The molecule has 3 aromatic rings. The molecule has 0 atom stereocenters. The fraction of sp³-hybridized carbons (Fsp3) is 0. The molecule has 6 nitrogen and oxygen atoms in total. The first-order valence-electron chi connectivity index (χ1n) is 6.26. The van der Waals surface area contributed by atoms with Crippen LogP contribution in [0.4, 0.5) is 15.2 Å². The van der Waals surface area contributed by atoms with Crippen LogP contribution in [0.15, 0.2) is 36.4 Å². The first kappa shape index (κ1) is 15.3. The minimum Gasteiger partial charge on any atom is -0.298 e. The Bertz CT molecular complexity index is 924. The molecule has 0 unspecified atom stereocenters. The van der Waals surface area contributed by atoms with E-state index in [1.165, 1.54) is 30.3 Å². The number of non-ortho nitro benzene ring substituents is 1. The number of nitrogens with zero attached hydrogens (tertiary/aromatic N) is 2. The standard InChI is InChI=1S/C14H7ClFN3O3S/c15-8-2-1-3-9(16)12(8)13(20)18-14-17-10-6-7(19(21)22)4-5-11(10)23-14/h1-6H,(H,17,18,20). The van der Waals surface area contributed by atoms with Gasteiger partial charge in [0, 0.05) is 12.1 Å². The number of aromatic nitrogens is 1. The van der Waals surface area contributed by atoms with E-state index < -0.39 is 16.6 Å². The van der Waals surface area contributed by atoms with Crippen LogP contribution in [0.5, 0.6) is 0 Å². The molecule has 0 aliphatic rings. The lowest BCUT2D eigenvalue weighted by Crippen LogP contribution is -2.14. The molecule has 0 saturated heterocycles. The van der Waals surface area contributed by atoms with Gasteiger partial charge in [-0.3, -0.25) is 20.2 Å². The van der Waals surface area contributed by atoms with Crippen molar-refractivity contribution in [2.45, 2.75) is 0 Å². The van der Waals surface area contributed by atoms with Crippen LogP contribution >= 0.6 is 22.9 Å². The van der Waals surface area contributed by atoms with Gasteiger partial charge in [0.2, 0.25) is 0 Å². The third kappa shape index (κ3) is 2.99. The number of carbonyl (C=O) groups is 1. The number of halogens is 2. The summed E-state index contributed by atoms with van der Waals surface area (Å²) in [6, 6.07) is 8.11. The molecule has 0 aliphatic heterocycles. The van der Waals surface area contributed by atoms with Crippen molar-refractivity contribution in [3.63, 3.8) is 0 Å². The summed E-state index contributed by atoms with van der Waals surface area (Å²) in [5.41, 5.74) is -0.00337. The van der Waals surface area contributed by atoms with Gasteiger partial charge in [0.25, 0.3) is 11.6 Å². The summed E-state index contributed by atoms with van der Waals surface area (Å²) < 4.78 is 14.4. The Morgan fingerprint density at radius 2 is 2.13 bits per heavy atom. The Labute approximate surface area is 137 Å². The SMILES string of the molecule is O=C(Nc1nc2cc([N+](=O)[O-])ccc2s1)c1c(F)cccc1Cl. The van der Waals surface area contributed by atoms with Gasteiger partial charge in [-0.25, -0.2) is 9.37 Å². The topological polar surface area (TPSA) is 85.1 Å². The number of nitrogens with one attached hydrogen (secondary N) is 1. The maximum atomic E-state index is 13.7. The molecule has 1 heterocycles. The molecule has 0 aliphatic carbocycles. The highest BCUT2D eigenvalue weighted by molar-refractivity contribution is 7.22. The van der Waals surface area contributed by atoms with Crippen molar-refractivity contribution in [1.82, 2.24) is 4.98 Å². The molecule has 0 spiro atoms. The normalized spacial score (nSPS) is 10.7. The molecule has 116 valence electrons. The minimum absolute atomic E-state index is 0.0146. The second-order valence-electron chi connectivity index (χ2n) is 4.48. The highest BCUT2D eigenvalue weighted by Crippen LogP contribution is 2.29. The lowest BCUT2D eigenvalue weighted by atomic mass is 10.2. The van der Waals surface area contributed by atoms with Crippen LogP contribution < -0.4 is 5.32 Å². The van der Waals surface area contributed by atoms with Crippen LogP contribution in [0.2, 0.25) is 5.02 Å². The Kier molecular flexibility index (Phi) is 3.93.